The van der Waals surface area contributed by atoms with Gasteiger partial charge in [-0.05, 0) is 30.6 Å². The van der Waals surface area contributed by atoms with Gasteiger partial charge in [0, 0.05) is 0 Å². The van der Waals surface area contributed by atoms with Gasteiger partial charge in [-0.15, -0.1) is 0 Å². The van der Waals surface area contributed by atoms with Crippen LogP contribution in [0.1, 0.15) is 40.0 Å². The van der Waals surface area contributed by atoms with Gasteiger partial charge >= 0.3 is 0 Å². The van der Waals surface area contributed by atoms with E-state index < -0.39 is 0 Å². The average molecular weight is 172 g/mol. The maximum Gasteiger partial charge on any atom is 0.0937 e. The molecule has 0 spiro atoms. The second-order valence-electron chi connectivity index (χ2n) is 4.80. The van der Waals surface area contributed by atoms with Crippen LogP contribution in [0.15, 0.2) is 0 Å². The average Bonchev–Trinajstić information content (AvgIpc) is 1.82. The van der Waals surface area contributed by atoms with E-state index in [1.165, 1.54) is 6.42 Å². The summed E-state index contributed by atoms with van der Waals surface area (Å²) in [7, 11) is 1.59. The third-order valence-electron chi connectivity index (χ3n) is 2.58. The fourth-order valence-electron chi connectivity index (χ4n) is 2.47. The van der Waals surface area contributed by atoms with Gasteiger partial charge in [0.05, 0.1) is 13.2 Å². The molecule has 12 heavy (non-hydrogen) atoms. The molecule has 0 bridgehead atoms. The van der Waals surface area contributed by atoms with Gasteiger partial charge in [0.1, 0.15) is 0 Å². The first kappa shape index (κ1) is 10.0. The lowest BCUT2D eigenvalue weighted by atomic mass is 9.71. The Bertz CT molecular complexity index is 143. The molecule has 1 aliphatic carbocycles. The SMILES string of the molecule is COOC1CC(C)CC(C)(C)C1. The van der Waals surface area contributed by atoms with Gasteiger partial charge in [-0.3, -0.25) is 0 Å². The molecule has 0 heterocycles. The Morgan fingerprint density at radius 2 is 1.92 bits per heavy atom. The Kier molecular flexibility index (Phi) is 3.13. The summed E-state index contributed by atoms with van der Waals surface area (Å²) in [6.07, 6.45) is 3.85. The predicted octanol–water partition coefficient (Wildman–Crippen LogP) is 2.78. The second kappa shape index (κ2) is 3.75. The molecule has 0 aromatic carbocycles. The van der Waals surface area contributed by atoms with Crippen molar-refractivity contribution in [2.45, 2.75) is 46.1 Å². The molecule has 1 fully saturated rings. The lowest BCUT2D eigenvalue weighted by Gasteiger charge is -2.37. The zero-order valence-corrected chi connectivity index (χ0v) is 8.59. The molecular formula is C10H20O2. The van der Waals surface area contributed by atoms with Crippen LogP contribution in [0.3, 0.4) is 0 Å². The molecule has 0 aromatic heterocycles. The van der Waals surface area contributed by atoms with Gasteiger partial charge < -0.3 is 0 Å². The van der Waals surface area contributed by atoms with Crippen LogP contribution in [0.5, 0.6) is 0 Å². The number of rotatable bonds is 2. The highest BCUT2D eigenvalue weighted by Gasteiger charge is 2.32. The van der Waals surface area contributed by atoms with Gasteiger partial charge in [-0.1, -0.05) is 20.8 Å². The molecule has 1 saturated carbocycles. The standard InChI is InChI=1S/C10H20O2/c1-8-5-9(12-11-4)7-10(2,3)6-8/h8-9H,5-7H2,1-4H3. The Morgan fingerprint density at radius 3 is 2.42 bits per heavy atom. The van der Waals surface area contributed by atoms with E-state index in [2.05, 4.69) is 20.8 Å². The van der Waals surface area contributed by atoms with E-state index in [9.17, 15) is 0 Å². The van der Waals surface area contributed by atoms with Crippen LogP contribution in [-0.2, 0) is 9.78 Å². The molecule has 2 heteroatoms. The van der Waals surface area contributed by atoms with Crippen molar-refractivity contribution in [1.29, 1.82) is 0 Å². The zero-order valence-electron chi connectivity index (χ0n) is 8.59. The summed E-state index contributed by atoms with van der Waals surface area (Å²) in [5.74, 6) is 0.758. The lowest BCUT2D eigenvalue weighted by Crippen LogP contribution is -2.32. The molecule has 2 unspecified atom stereocenters. The quantitative estimate of drug-likeness (QED) is 0.471. The minimum absolute atomic E-state index is 0.300. The lowest BCUT2D eigenvalue weighted by molar-refractivity contribution is -0.316. The van der Waals surface area contributed by atoms with Crippen molar-refractivity contribution in [3.63, 3.8) is 0 Å². The van der Waals surface area contributed by atoms with Crippen molar-refractivity contribution in [2.24, 2.45) is 11.3 Å². The fourth-order valence-corrected chi connectivity index (χ4v) is 2.47. The summed E-state index contributed by atoms with van der Waals surface area (Å²) >= 11 is 0. The molecule has 1 rings (SSSR count). The Labute approximate surface area is 75.2 Å². The predicted molar refractivity (Wildman–Crippen MR) is 48.7 cm³/mol. The zero-order chi connectivity index (χ0) is 9.19. The van der Waals surface area contributed by atoms with E-state index in [4.69, 9.17) is 9.78 Å². The molecule has 0 aromatic rings. The van der Waals surface area contributed by atoms with Crippen molar-refractivity contribution < 1.29 is 9.78 Å². The molecule has 2 nitrogen and oxygen atoms in total. The van der Waals surface area contributed by atoms with Crippen molar-refractivity contribution in [1.82, 2.24) is 0 Å². The first-order chi connectivity index (χ1) is 5.53. The second-order valence-corrected chi connectivity index (χ2v) is 4.80. The summed E-state index contributed by atoms with van der Waals surface area (Å²) in [5, 5.41) is 0. The molecule has 2 atom stereocenters. The Morgan fingerprint density at radius 1 is 1.25 bits per heavy atom. The van der Waals surface area contributed by atoms with Crippen molar-refractivity contribution in [2.75, 3.05) is 7.11 Å². The summed E-state index contributed by atoms with van der Waals surface area (Å²) < 4.78 is 0. The summed E-state index contributed by atoms with van der Waals surface area (Å²) in [4.78, 5) is 9.91. The topological polar surface area (TPSA) is 18.5 Å². The van der Waals surface area contributed by atoms with Crippen LogP contribution in [0.2, 0.25) is 0 Å². The smallest absolute Gasteiger partial charge is 0.0937 e. The maximum absolute atomic E-state index is 5.19. The number of hydrogen-bond donors (Lipinski definition) is 0. The van der Waals surface area contributed by atoms with E-state index >= 15 is 0 Å². The summed E-state index contributed by atoms with van der Waals surface area (Å²) in [5.41, 5.74) is 0.418. The van der Waals surface area contributed by atoms with Crippen molar-refractivity contribution >= 4 is 0 Å². The summed E-state index contributed by atoms with van der Waals surface area (Å²) in [6, 6.07) is 0. The van der Waals surface area contributed by atoms with Gasteiger partial charge in [-0.25, -0.2) is 9.78 Å². The van der Waals surface area contributed by atoms with Crippen molar-refractivity contribution in [3.05, 3.63) is 0 Å². The van der Waals surface area contributed by atoms with Crippen LogP contribution in [0.4, 0.5) is 0 Å². The van der Waals surface area contributed by atoms with E-state index in [0.717, 1.165) is 18.8 Å². The third-order valence-corrected chi connectivity index (χ3v) is 2.58. The fraction of sp³-hybridized carbons (Fsp3) is 1.00. The molecule has 72 valence electrons. The van der Waals surface area contributed by atoms with E-state index in [0.29, 0.717) is 11.5 Å². The van der Waals surface area contributed by atoms with E-state index in [1.807, 2.05) is 0 Å². The van der Waals surface area contributed by atoms with Gasteiger partial charge in [0.15, 0.2) is 0 Å². The van der Waals surface area contributed by atoms with Gasteiger partial charge in [0.25, 0.3) is 0 Å². The first-order valence-corrected chi connectivity index (χ1v) is 4.73. The molecule has 1 aliphatic rings. The Balaban J connectivity index is 2.46. The molecule has 0 saturated heterocycles. The van der Waals surface area contributed by atoms with Crippen LogP contribution in [-0.4, -0.2) is 13.2 Å². The van der Waals surface area contributed by atoms with Crippen LogP contribution in [0, 0.1) is 11.3 Å². The molecule has 0 N–H and O–H groups in total. The maximum atomic E-state index is 5.19. The van der Waals surface area contributed by atoms with Gasteiger partial charge in [0.2, 0.25) is 0 Å². The van der Waals surface area contributed by atoms with Crippen LogP contribution < -0.4 is 0 Å². The number of hydrogen-bond acceptors (Lipinski definition) is 2. The third kappa shape index (κ3) is 2.76. The van der Waals surface area contributed by atoms with Crippen LogP contribution in [0.25, 0.3) is 0 Å². The van der Waals surface area contributed by atoms with Gasteiger partial charge in [-0.2, -0.15) is 0 Å². The molecule has 0 aliphatic heterocycles. The highest BCUT2D eigenvalue weighted by Crippen LogP contribution is 2.39. The van der Waals surface area contributed by atoms with E-state index in [1.54, 1.807) is 7.11 Å². The molecule has 0 amide bonds. The first-order valence-electron chi connectivity index (χ1n) is 4.73. The highest BCUT2D eigenvalue weighted by molar-refractivity contribution is 4.82. The molecule has 0 radical (unpaired) electrons. The molecular weight excluding hydrogens is 152 g/mol. The monoisotopic (exact) mass is 172 g/mol. The van der Waals surface area contributed by atoms with Crippen molar-refractivity contribution in [3.8, 4) is 0 Å². The highest BCUT2D eigenvalue weighted by atomic mass is 17.2. The Hall–Kier alpha value is -0.0800. The minimum Gasteiger partial charge on any atom is -0.240 e. The van der Waals surface area contributed by atoms with E-state index in [-0.39, 0.29) is 0 Å². The minimum atomic E-state index is 0.300. The summed E-state index contributed by atoms with van der Waals surface area (Å²) in [6.45, 7) is 6.89. The van der Waals surface area contributed by atoms with Crippen LogP contribution >= 0.6 is 0 Å². The normalized spacial score (nSPS) is 35.0. The largest absolute Gasteiger partial charge is 0.240 e.